The Balaban J connectivity index is 1.41. The van der Waals surface area contributed by atoms with Crippen molar-refractivity contribution < 1.29 is 0 Å². The number of benzene rings is 6. The van der Waals surface area contributed by atoms with E-state index in [9.17, 15) is 0 Å². The van der Waals surface area contributed by atoms with Gasteiger partial charge in [-0.1, -0.05) is 36.4 Å². The molecule has 0 amide bonds. The van der Waals surface area contributed by atoms with Gasteiger partial charge < -0.3 is 9.80 Å². The third kappa shape index (κ3) is 6.40. The summed E-state index contributed by atoms with van der Waals surface area (Å²) in [5.74, 6) is 0. The van der Waals surface area contributed by atoms with Crippen LogP contribution in [0.1, 0.15) is 55.6 Å². The van der Waals surface area contributed by atoms with Crippen LogP contribution >= 0.6 is 0 Å². The number of nitrogens with zero attached hydrogens (tertiary/aromatic N) is 2. The van der Waals surface area contributed by atoms with Gasteiger partial charge in [-0.15, -0.1) is 0 Å². The van der Waals surface area contributed by atoms with Gasteiger partial charge in [0.2, 0.25) is 0 Å². The standard InChI is InChI=1S/C46H48N2/c1-29-11-17-41(25-33(29)5)47(42-18-12-30(2)34(6)26-42)45-21-15-39(23-37(45)9)40-16-22-46(38(10)24-40)48(43-19-13-31(3)35(7)27-43)44-20-14-32(4)36(8)28-44/h11-28H,1-10H3. The first-order valence-corrected chi connectivity index (χ1v) is 17.0. The van der Waals surface area contributed by atoms with Gasteiger partial charge >= 0.3 is 0 Å². The second-order valence-electron chi connectivity index (χ2n) is 13.7. The minimum absolute atomic E-state index is 1.18. The van der Waals surface area contributed by atoms with E-state index >= 15 is 0 Å². The maximum absolute atomic E-state index is 2.40. The second-order valence-corrected chi connectivity index (χ2v) is 13.7. The van der Waals surface area contributed by atoms with E-state index in [1.54, 1.807) is 0 Å². The van der Waals surface area contributed by atoms with Crippen molar-refractivity contribution >= 4 is 34.1 Å². The summed E-state index contributed by atoms with van der Waals surface area (Å²) >= 11 is 0. The smallest absolute Gasteiger partial charge is 0.0491 e. The van der Waals surface area contributed by atoms with E-state index in [-0.39, 0.29) is 0 Å². The van der Waals surface area contributed by atoms with Crippen molar-refractivity contribution in [1.82, 2.24) is 0 Å². The van der Waals surface area contributed by atoms with Crippen molar-refractivity contribution in [1.29, 1.82) is 0 Å². The first-order chi connectivity index (χ1) is 22.9. The Morgan fingerprint density at radius 2 is 0.521 bits per heavy atom. The highest BCUT2D eigenvalue weighted by molar-refractivity contribution is 5.84. The zero-order valence-corrected chi connectivity index (χ0v) is 30.3. The van der Waals surface area contributed by atoms with Crippen LogP contribution in [0.5, 0.6) is 0 Å². The van der Waals surface area contributed by atoms with Crippen LogP contribution in [0.4, 0.5) is 34.1 Å². The van der Waals surface area contributed by atoms with E-state index in [0.717, 1.165) is 0 Å². The normalized spacial score (nSPS) is 11.1. The molecule has 0 aliphatic carbocycles. The molecule has 6 aromatic carbocycles. The molecule has 6 aromatic rings. The summed E-state index contributed by atoms with van der Waals surface area (Å²) in [5, 5.41) is 0. The molecule has 0 aliphatic heterocycles. The molecule has 0 radical (unpaired) electrons. The van der Waals surface area contributed by atoms with Crippen molar-refractivity contribution in [2.45, 2.75) is 69.2 Å². The molecule has 0 aromatic heterocycles. The number of hydrogen-bond donors (Lipinski definition) is 0. The lowest BCUT2D eigenvalue weighted by molar-refractivity contribution is 1.21. The second kappa shape index (κ2) is 13.2. The molecule has 0 heterocycles. The Hall–Kier alpha value is -5.08. The number of aryl methyl sites for hydroxylation is 10. The van der Waals surface area contributed by atoms with Gasteiger partial charge in [-0.05, 0) is 209 Å². The highest BCUT2D eigenvalue weighted by atomic mass is 15.1. The Morgan fingerprint density at radius 1 is 0.250 bits per heavy atom. The van der Waals surface area contributed by atoms with Crippen LogP contribution in [0, 0.1) is 69.2 Å². The third-order valence-electron chi connectivity index (χ3n) is 10.2. The van der Waals surface area contributed by atoms with Crippen LogP contribution < -0.4 is 9.80 Å². The summed E-state index contributed by atoms with van der Waals surface area (Å²) in [6, 6.07) is 40.9. The quantitative estimate of drug-likeness (QED) is 0.174. The van der Waals surface area contributed by atoms with Crippen LogP contribution in [0.25, 0.3) is 11.1 Å². The number of anilines is 6. The number of rotatable bonds is 7. The van der Waals surface area contributed by atoms with Gasteiger partial charge in [0.05, 0.1) is 0 Å². The van der Waals surface area contributed by atoms with Gasteiger partial charge in [0.15, 0.2) is 0 Å². The molecule has 0 atom stereocenters. The fourth-order valence-corrected chi connectivity index (χ4v) is 6.49. The molecule has 2 nitrogen and oxygen atoms in total. The largest absolute Gasteiger partial charge is 0.310 e. The Kier molecular flexibility index (Phi) is 9.03. The Bertz CT molecular complexity index is 1890. The van der Waals surface area contributed by atoms with Crippen LogP contribution in [-0.2, 0) is 0 Å². The summed E-state index contributed by atoms with van der Waals surface area (Å²) in [6.07, 6.45) is 0. The average molecular weight is 629 g/mol. The first kappa shape index (κ1) is 32.8. The zero-order chi connectivity index (χ0) is 34.3. The molecule has 48 heavy (non-hydrogen) atoms. The molecule has 6 rings (SSSR count). The molecule has 0 saturated heterocycles. The van der Waals surface area contributed by atoms with E-state index in [4.69, 9.17) is 0 Å². The highest BCUT2D eigenvalue weighted by Crippen LogP contribution is 2.42. The average Bonchev–Trinajstić information content (AvgIpc) is 3.05. The van der Waals surface area contributed by atoms with E-state index in [0.29, 0.717) is 0 Å². The summed E-state index contributed by atoms with van der Waals surface area (Å²) in [5.41, 5.74) is 22.4. The zero-order valence-electron chi connectivity index (χ0n) is 30.3. The van der Waals surface area contributed by atoms with E-state index in [2.05, 4.69) is 188 Å². The molecule has 0 bridgehead atoms. The molecule has 0 unspecified atom stereocenters. The molecular formula is C46H48N2. The minimum atomic E-state index is 1.18. The molecule has 2 heteroatoms. The fourth-order valence-electron chi connectivity index (χ4n) is 6.49. The van der Waals surface area contributed by atoms with Gasteiger partial charge in [0.1, 0.15) is 0 Å². The summed E-state index contributed by atoms with van der Waals surface area (Å²) in [4.78, 5) is 4.80. The van der Waals surface area contributed by atoms with E-state index < -0.39 is 0 Å². The summed E-state index contributed by atoms with van der Waals surface area (Å²) < 4.78 is 0. The van der Waals surface area contributed by atoms with E-state index in [1.807, 2.05) is 0 Å². The molecule has 242 valence electrons. The van der Waals surface area contributed by atoms with Gasteiger partial charge in [-0.3, -0.25) is 0 Å². The van der Waals surface area contributed by atoms with Crippen molar-refractivity contribution in [3.05, 3.63) is 165 Å². The van der Waals surface area contributed by atoms with Gasteiger partial charge in [-0.2, -0.15) is 0 Å². The topological polar surface area (TPSA) is 6.48 Å². The van der Waals surface area contributed by atoms with Crippen LogP contribution in [-0.4, -0.2) is 0 Å². The van der Waals surface area contributed by atoms with Crippen LogP contribution in [0.2, 0.25) is 0 Å². The minimum Gasteiger partial charge on any atom is -0.310 e. The van der Waals surface area contributed by atoms with Crippen molar-refractivity contribution in [2.75, 3.05) is 9.80 Å². The molecule has 0 saturated carbocycles. The Morgan fingerprint density at radius 3 is 0.750 bits per heavy atom. The molecule has 0 spiro atoms. The summed E-state index contributed by atoms with van der Waals surface area (Å²) in [7, 11) is 0. The van der Waals surface area contributed by atoms with Crippen molar-refractivity contribution in [3.63, 3.8) is 0 Å². The monoisotopic (exact) mass is 628 g/mol. The lowest BCUT2D eigenvalue weighted by atomic mass is 9.98. The third-order valence-corrected chi connectivity index (χ3v) is 10.2. The number of hydrogen-bond acceptors (Lipinski definition) is 2. The maximum Gasteiger partial charge on any atom is 0.0491 e. The van der Waals surface area contributed by atoms with Gasteiger partial charge in [0, 0.05) is 34.1 Å². The lowest BCUT2D eigenvalue weighted by Gasteiger charge is -2.29. The van der Waals surface area contributed by atoms with Gasteiger partial charge in [0.25, 0.3) is 0 Å². The van der Waals surface area contributed by atoms with Crippen molar-refractivity contribution in [2.24, 2.45) is 0 Å². The molecule has 0 fully saturated rings. The predicted octanol–water partition coefficient (Wildman–Crippen LogP) is 13.4. The lowest BCUT2D eigenvalue weighted by Crippen LogP contribution is -2.12. The maximum atomic E-state index is 2.40. The Labute approximate surface area is 288 Å². The van der Waals surface area contributed by atoms with E-state index in [1.165, 1.54) is 101 Å². The first-order valence-electron chi connectivity index (χ1n) is 17.0. The highest BCUT2D eigenvalue weighted by Gasteiger charge is 2.19. The fraction of sp³-hybridized carbons (Fsp3) is 0.217. The molecular weight excluding hydrogens is 581 g/mol. The van der Waals surface area contributed by atoms with Crippen LogP contribution in [0.15, 0.2) is 109 Å². The summed E-state index contributed by atoms with van der Waals surface area (Å²) in [6.45, 7) is 21.9. The molecule has 0 N–H and O–H groups in total. The van der Waals surface area contributed by atoms with Crippen molar-refractivity contribution in [3.8, 4) is 11.1 Å². The SMILES string of the molecule is Cc1ccc(N(c2ccc(C)c(C)c2)c2ccc(-c3ccc(N(c4ccc(C)c(C)c4)c4ccc(C)c(C)c4)c(C)c3)cc2C)cc1C. The van der Waals surface area contributed by atoms with Crippen LogP contribution in [0.3, 0.4) is 0 Å². The van der Waals surface area contributed by atoms with Gasteiger partial charge in [-0.25, -0.2) is 0 Å². The molecule has 0 aliphatic rings. The predicted molar refractivity (Wildman–Crippen MR) is 209 cm³/mol.